The van der Waals surface area contributed by atoms with Gasteiger partial charge in [0.05, 0.1) is 5.69 Å². The first-order valence-electron chi connectivity index (χ1n) is 4.55. The van der Waals surface area contributed by atoms with Crippen LogP contribution in [0.25, 0.3) is 0 Å². The minimum absolute atomic E-state index is 0.199. The maximum atomic E-state index is 13.3. The van der Waals surface area contributed by atoms with Crippen molar-refractivity contribution >= 4 is 5.69 Å². The van der Waals surface area contributed by atoms with Gasteiger partial charge in [-0.2, -0.15) is 0 Å². The van der Waals surface area contributed by atoms with Crippen LogP contribution in [-0.4, -0.2) is 6.04 Å². The van der Waals surface area contributed by atoms with Crippen LogP contribution in [0.4, 0.5) is 10.1 Å². The molecule has 3 N–H and O–H groups in total. The number of nitrogens with two attached hydrogens (primary N) is 1. The number of para-hydroxylation sites is 1. The molecule has 3 heteroatoms. The summed E-state index contributed by atoms with van der Waals surface area (Å²) >= 11 is 0. The molecule has 0 aliphatic heterocycles. The Morgan fingerprint density at radius 3 is 2.85 bits per heavy atom. The highest BCUT2D eigenvalue weighted by Crippen LogP contribution is 2.28. The van der Waals surface area contributed by atoms with Gasteiger partial charge in [-0.3, -0.25) is 0 Å². The quantitative estimate of drug-likeness (QED) is 0.745. The normalized spacial score (nSPS) is 15.8. The lowest BCUT2D eigenvalue weighted by atomic mass is 10.1. The zero-order valence-corrected chi connectivity index (χ0v) is 7.39. The zero-order chi connectivity index (χ0) is 9.26. The van der Waals surface area contributed by atoms with Crippen LogP contribution in [-0.2, 0) is 6.54 Å². The summed E-state index contributed by atoms with van der Waals surface area (Å²) in [5, 5.41) is 3.15. The third-order valence-corrected chi connectivity index (χ3v) is 2.25. The molecule has 0 saturated heterocycles. The molecule has 70 valence electrons. The molecule has 0 radical (unpaired) electrons. The van der Waals surface area contributed by atoms with Gasteiger partial charge < -0.3 is 11.1 Å². The monoisotopic (exact) mass is 180 g/mol. The average molecular weight is 180 g/mol. The van der Waals surface area contributed by atoms with Gasteiger partial charge in [0, 0.05) is 12.6 Å². The lowest BCUT2D eigenvalue weighted by molar-refractivity contribution is 0.628. The molecule has 0 spiro atoms. The molecule has 1 fully saturated rings. The zero-order valence-electron chi connectivity index (χ0n) is 7.39. The van der Waals surface area contributed by atoms with Crippen LogP contribution in [0.15, 0.2) is 18.2 Å². The molecule has 1 aromatic carbocycles. The van der Waals surface area contributed by atoms with Gasteiger partial charge in [-0.05, 0) is 24.5 Å². The fraction of sp³-hybridized carbons (Fsp3) is 0.400. The molecule has 1 aromatic rings. The molecule has 13 heavy (non-hydrogen) atoms. The molecule has 0 atom stereocenters. The Hall–Kier alpha value is -1.09. The van der Waals surface area contributed by atoms with E-state index in [1.165, 1.54) is 6.07 Å². The van der Waals surface area contributed by atoms with E-state index in [-0.39, 0.29) is 5.82 Å². The van der Waals surface area contributed by atoms with E-state index < -0.39 is 0 Å². The van der Waals surface area contributed by atoms with Crippen LogP contribution in [0.2, 0.25) is 0 Å². The molecule has 0 amide bonds. The third-order valence-electron chi connectivity index (χ3n) is 2.25. The second kappa shape index (κ2) is 3.34. The van der Waals surface area contributed by atoms with E-state index >= 15 is 0 Å². The van der Waals surface area contributed by atoms with E-state index in [9.17, 15) is 4.39 Å². The molecule has 0 bridgehead atoms. The number of hydrogen-bond donors (Lipinski definition) is 2. The summed E-state index contributed by atoms with van der Waals surface area (Å²) in [5.74, 6) is -0.199. The summed E-state index contributed by atoms with van der Waals surface area (Å²) in [4.78, 5) is 0. The van der Waals surface area contributed by atoms with Gasteiger partial charge in [0.15, 0.2) is 0 Å². The van der Waals surface area contributed by atoms with Crippen LogP contribution >= 0.6 is 0 Å². The molecule has 2 rings (SSSR count). The average Bonchev–Trinajstić information content (AvgIpc) is 2.92. The summed E-state index contributed by atoms with van der Waals surface area (Å²) in [6.45, 7) is 0.382. The highest BCUT2D eigenvalue weighted by Gasteiger charge is 2.22. The van der Waals surface area contributed by atoms with E-state index in [0.717, 1.165) is 18.4 Å². The van der Waals surface area contributed by atoms with Gasteiger partial charge in [0.2, 0.25) is 0 Å². The van der Waals surface area contributed by atoms with Gasteiger partial charge in [0.25, 0.3) is 0 Å². The number of benzene rings is 1. The summed E-state index contributed by atoms with van der Waals surface area (Å²) in [6, 6.07) is 5.47. The third kappa shape index (κ3) is 1.80. The summed E-state index contributed by atoms with van der Waals surface area (Å²) in [7, 11) is 0. The van der Waals surface area contributed by atoms with E-state index in [1.807, 2.05) is 6.07 Å². The van der Waals surface area contributed by atoms with E-state index in [0.29, 0.717) is 18.3 Å². The first-order chi connectivity index (χ1) is 6.31. The maximum absolute atomic E-state index is 13.3. The van der Waals surface area contributed by atoms with Crippen molar-refractivity contribution in [3.8, 4) is 0 Å². The second-order valence-corrected chi connectivity index (χ2v) is 3.40. The Bertz CT molecular complexity index is 308. The fourth-order valence-corrected chi connectivity index (χ4v) is 1.33. The van der Waals surface area contributed by atoms with Crippen LogP contribution in [0.5, 0.6) is 0 Å². The van der Waals surface area contributed by atoms with E-state index in [4.69, 9.17) is 5.73 Å². The molecule has 0 unspecified atom stereocenters. The van der Waals surface area contributed by atoms with Crippen LogP contribution in [0.3, 0.4) is 0 Å². The summed E-state index contributed by atoms with van der Waals surface area (Å²) in [5.41, 5.74) is 6.95. The highest BCUT2D eigenvalue weighted by molar-refractivity contribution is 5.53. The topological polar surface area (TPSA) is 38.0 Å². The number of nitrogens with one attached hydrogen (secondary N) is 1. The second-order valence-electron chi connectivity index (χ2n) is 3.40. The lowest BCUT2D eigenvalue weighted by Crippen LogP contribution is -2.08. The number of halogens is 1. The molecule has 1 saturated carbocycles. The van der Waals surface area contributed by atoms with Crippen LogP contribution in [0, 0.1) is 5.82 Å². The van der Waals surface area contributed by atoms with E-state index in [2.05, 4.69) is 5.32 Å². The van der Waals surface area contributed by atoms with Crippen molar-refractivity contribution in [1.82, 2.24) is 0 Å². The van der Waals surface area contributed by atoms with Crippen molar-refractivity contribution in [2.45, 2.75) is 25.4 Å². The molecule has 0 aromatic heterocycles. The van der Waals surface area contributed by atoms with Crippen molar-refractivity contribution in [2.24, 2.45) is 5.73 Å². The van der Waals surface area contributed by atoms with Gasteiger partial charge in [-0.1, -0.05) is 12.1 Å². The van der Waals surface area contributed by atoms with Crippen molar-refractivity contribution in [3.05, 3.63) is 29.6 Å². The first kappa shape index (κ1) is 8.51. The van der Waals surface area contributed by atoms with Crippen molar-refractivity contribution in [1.29, 1.82) is 0 Å². The van der Waals surface area contributed by atoms with E-state index in [1.54, 1.807) is 6.07 Å². The fourth-order valence-electron chi connectivity index (χ4n) is 1.33. The smallest absolute Gasteiger partial charge is 0.146 e. The van der Waals surface area contributed by atoms with Crippen molar-refractivity contribution < 1.29 is 4.39 Å². The van der Waals surface area contributed by atoms with Crippen LogP contribution in [0.1, 0.15) is 18.4 Å². The largest absolute Gasteiger partial charge is 0.380 e. The highest BCUT2D eigenvalue weighted by atomic mass is 19.1. The number of anilines is 1. The maximum Gasteiger partial charge on any atom is 0.146 e. The Balaban J connectivity index is 2.27. The molecule has 0 heterocycles. The summed E-state index contributed by atoms with van der Waals surface area (Å²) < 4.78 is 13.3. The first-order valence-corrected chi connectivity index (χ1v) is 4.55. The Kier molecular flexibility index (Phi) is 2.19. The number of rotatable bonds is 3. The predicted molar refractivity (Wildman–Crippen MR) is 50.9 cm³/mol. The molecular weight excluding hydrogens is 167 g/mol. The Morgan fingerprint density at radius 1 is 1.46 bits per heavy atom. The Morgan fingerprint density at radius 2 is 2.23 bits per heavy atom. The Labute approximate surface area is 76.9 Å². The number of hydrogen-bond acceptors (Lipinski definition) is 2. The summed E-state index contributed by atoms with van der Waals surface area (Å²) in [6.07, 6.45) is 2.27. The van der Waals surface area contributed by atoms with Gasteiger partial charge in [-0.25, -0.2) is 4.39 Å². The molecule has 1 aliphatic carbocycles. The van der Waals surface area contributed by atoms with Crippen molar-refractivity contribution in [2.75, 3.05) is 5.32 Å². The lowest BCUT2D eigenvalue weighted by Gasteiger charge is -2.10. The van der Waals surface area contributed by atoms with Crippen molar-refractivity contribution in [3.63, 3.8) is 0 Å². The minimum atomic E-state index is -0.199. The molecular formula is C10H13FN2. The molecule has 2 nitrogen and oxygen atoms in total. The van der Waals surface area contributed by atoms with Gasteiger partial charge in [-0.15, -0.1) is 0 Å². The van der Waals surface area contributed by atoms with Crippen LogP contribution < -0.4 is 11.1 Å². The predicted octanol–water partition coefficient (Wildman–Crippen LogP) is 1.86. The minimum Gasteiger partial charge on any atom is -0.380 e. The standard InChI is InChI=1S/C10H13FN2/c11-9-3-1-2-7(6-12)10(9)13-8-4-5-8/h1-3,8,13H,4-6,12H2. The molecule has 1 aliphatic rings. The SMILES string of the molecule is NCc1cccc(F)c1NC1CC1. The van der Waals surface area contributed by atoms with Gasteiger partial charge >= 0.3 is 0 Å². The van der Waals surface area contributed by atoms with Gasteiger partial charge in [0.1, 0.15) is 5.82 Å².